The molecule has 0 unspecified atom stereocenters. The molecule has 6 rings (SSSR count). The van der Waals surface area contributed by atoms with Gasteiger partial charge in [-0.15, -0.1) is 0 Å². The van der Waals surface area contributed by atoms with Crippen LogP contribution in [0.5, 0.6) is 11.5 Å². The van der Waals surface area contributed by atoms with Gasteiger partial charge in [-0.2, -0.15) is 0 Å². The molecule has 400 valence electrons. The summed E-state index contributed by atoms with van der Waals surface area (Å²) in [5.74, 6) is 1.22. The number of aryl methyl sites for hydroxylation is 4. The second kappa shape index (κ2) is 25.6. The number of alkyl carbamates (subject to hydrolysis) is 1. The summed E-state index contributed by atoms with van der Waals surface area (Å²) < 4.78 is 71.0. The number of nitrogens with zero attached hydrogens (tertiary/aromatic N) is 4. The Morgan fingerprint density at radius 1 is 0.616 bits per heavy atom. The Labute approximate surface area is 434 Å². The van der Waals surface area contributed by atoms with Gasteiger partial charge in [0, 0.05) is 103 Å². The maximum atomic E-state index is 13.2. The Kier molecular flexibility index (Phi) is 20.5. The summed E-state index contributed by atoms with van der Waals surface area (Å²) in [6.07, 6.45) is 4.08. The number of carbonyl (C=O) groups excluding carboxylic acids is 3. The van der Waals surface area contributed by atoms with E-state index in [4.69, 9.17) is 19.9 Å². The average molecular weight is 1050 g/mol. The highest BCUT2D eigenvalue weighted by atomic mass is 32.2. The van der Waals surface area contributed by atoms with Crippen LogP contribution >= 0.6 is 0 Å². The number of rotatable bonds is 19. The molecule has 2 aliphatic rings. The molecule has 2 fully saturated rings. The highest BCUT2D eigenvalue weighted by molar-refractivity contribution is 7.89. The van der Waals surface area contributed by atoms with Crippen molar-refractivity contribution in [2.45, 2.75) is 127 Å². The Bertz CT molecular complexity index is 2700. The third-order valence-electron chi connectivity index (χ3n) is 13.2. The van der Waals surface area contributed by atoms with Gasteiger partial charge in [-0.1, -0.05) is 24.3 Å². The minimum Gasteiger partial charge on any atom is -0.497 e. The van der Waals surface area contributed by atoms with E-state index < -0.39 is 25.6 Å². The van der Waals surface area contributed by atoms with Gasteiger partial charge in [-0.3, -0.25) is 9.59 Å². The number of piperidine rings is 2. The Morgan fingerprint density at radius 2 is 0.959 bits per heavy atom. The van der Waals surface area contributed by atoms with E-state index in [1.54, 1.807) is 66.2 Å². The number of ketones is 2. The van der Waals surface area contributed by atoms with Crippen LogP contribution in [0.25, 0.3) is 0 Å². The quantitative estimate of drug-likeness (QED) is 0.0928. The minimum absolute atomic E-state index is 0.0110. The van der Waals surface area contributed by atoms with Gasteiger partial charge in [0.05, 0.1) is 24.0 Å². The van der Waals surface area contributed by atoms with Crippen molar-refractivity contribution in [1.29, 1.82) is 0 Å². The highest BCUT2D eigenvalue weighted by Crippen LogP contribution is 2.30. The number of sulfonamides is 2. The molecule has 73 heavy (non-hydrogen) atoms. The number of ether oxygens (including phenoxy) is 3. The molecule has 4 aromatic rings. The number of nitrogens with two attached hydrogens (primary N) is 1. The van der Waals surface area contributed by atoms with E-state index in [1.165, 1.54) is 22.7 Å². The summed E-state index contributed by atoms with van der Waals surface area (Å²) in [6, 6.07) is 23.2. The van der Waals surface area contributed by atoms with Crippen LogP contribution in [0.1, 0.15) is 92.7 Å². The van der Waals surface area contributed by atoms with Crippen LogP contribution in [0.2, 0.25) is 0 Å². The van der Waals surface area contributed by atoms with Crippen LogP contribution in [-0.4, -0.2) is 128 Å². The Hall–Kier alpha value is -5.53. The number of hydrogen-bond donors (Lipinski definition) is 2. The average Bonchev–Trinajstić information content (AvgIpc) is 3.32. The van der Waals surface area contributed by atoms with Crippen molar-refractivity contribution in [2.75, 3.05) is 77.4 Å². The van der Waals surface area contributed by atoms with Gasteiger partial charge in [-0.25, -0.2) is 30.2 Å². The van der Waals surface area contributed by atoms with Gasteiger partial charge in [0.1, 0.15) is 28.7 Å². The molecule has 0 spiro atoms. The van der Waals surface area contributed by atoms with Gasteiger partial charge >= 0.3 is 6.09 Å². The fraction of sp³-hybridized carbons (Fsp3) is 0.509. The van der Waals surface area contributed by atoms with Crippen LogP contribution in [-0.2, 0) is 47.2 Å². The summed E-state index contributed by atoms with van der Waals surface area (Å²) in [7, 11) is -1.32. The van der Waals surface area contributed by atoms with E-state index in [9.17, 15) is 31.2 Å². The lowest BCUT2D eigenvalue weighted by atomic mass is 10.0. The molecule has 2 aliphatic heterocycles. The van der Waals surface area contributed by atoms with Gasteiger partial charge in [-0.05, 0) is 156 Å². The van der Waals surface area contributed by atoms with Crippen LogP contribution in [0.4, 0.5) is 16.2 Å². The van der Waals surface area contributed by atoms with Crippen LogP contribution in [0.15, 0.2) is 82.6 Å². The first-order chi connectivity index (χ1) is 34.3. The maximum absolute atomic E-state index is 13.2. The molecular formula is C55H78N6O10S2. The molecule has 0 aromatic heterocycles. The molecule has 4 aromatic carbocycles. The van der Waals surface area contributed by atoms with Gasteiger partial charge in [0.2, 0.25) is 20.0 Å². The van der Waals surface area contributed by atoms with Crippen molar-refractivity contribution in [3.8, 4) is 11.5 Å². The summed E-state index contributed by atoms with van der Waals surface area (Å²) in [6.45, 7) is 16.3. The SMILES string of the molecule is COc1cc(C)c(S(=O)(=O)N(C)CCC(=O)Cc2ccc(N3CCC(N)CC3)cc2)c(C)c1.COc1cc(C)c(S(=O)(=O)N(C)CCC(=O)Cc2ccc(N3CCC(NC(=O)OC(C)(C)C)CC3)cc2)c(C)c1. The lowest BCUT2D eigenvalue weighted by Gasteiger charge is -2.34. The third-order valence-corrected chi connectivity index (χ3v) is 17.6. The summed E-state index contributed by atoms with van der Waals surface area (Å²) in [5.41, 5.74) is 12.0. The van der Waals surface area contributed by atoms with Crippen molar-refractivity contribution in [2.24, 2.45) is 5.73 Å². The topological polar surface area (TPSA) is 198 Å². The fourth-order valence-electron chi connectivity index (χ4n) is 9.18. The van der Waals surface area contributed by atoms with Gasteiger partial charge < -0.3 is 35.1 Å². The second-order valence-electron chi connectivity index (χ2n) is 20.3. The number of amides is 1. The number of anilines is 2. The van der Waals surface area contributed by atoms with Crippen molar-refractivity contribution in [3.05, 3.63) is 106 Å². The smallest absolute Gasteiger partial charge is 0.407 e. The molecule has 2 saturated heterocycles. The van der Waals surface area contributed by atoms with E-state index in [-0.39, 0.29) is 71.9 Å². The summed E-state index contributed by atoms with van der Waals surface area (Å²) >= 11 is 0. The lowest BCUT2D eigenvalue weighted by molar-refractivity contribution is -0.119. The number of hydrogen-bond acceptors (Lipinski definition) is 13. The largest absolute Gasteiger partial charge is 0.497 e. The van der Waals surface area contributed by atoms with E-state index in [1.807, 2.05) is 69.3 Å². The monoisotopic (exact) mass is 1050 g/mol. The van der Waals surface area contributed by atoms with Gasteiger partial charge in [0.25, 0.3) is 0 Å². The van der Waals surface area contributed by atoms with Gasteiger partial charge in [0.15, 0.2) is 0 Å². The van der Waals surface area contributed by atoms with Crippen molar-refractivity contribution >= 4 is 49.1 Å². The maximum Gasteiger partial charge on any atom is 0.407 e. The molecule has 1 amide bonds. The predicted octanol–water partition coefficient (Wildman–Crippen LogP) is 7.69. The first-order valence-electron chi connectivity index (χ1n) is 25.0. The van der Waals surface area contributed by atoms with E-state index in [0.717, 1.165) is 74.4 Å². The standard InChI is InChI=1S/C30H43N3O6S.C25H35N3O4S/c1-21-18-27(38-7)19-22(2)28(21)40(36,37)32(6)15-14-26(34)20-23-8-10-25(11-9-23)33-16-12-24(13-17-33)31-29(35)39-30(3,4)5;1-18-15-24(32-4)16-19(2)25(18)33(30,31)27(3)12-11-23(29)17-20-5-7-22(8-6-20)28-13-9-21(26)10-14-28/h8-11,18-19,24H,12-17,20H2,1-7H3,(H,31,35);5-8,15-16,21H,9-14,17,26H2,1-4H3. The molecule has 2 heterocycles. The zero-order valence-corrected chi connectivity index (χ0v) is 46.4. The van der Waals surface area contributed by atoms with Crippen molar-refractivity contribution in [1.82, 2.24) is 13.9 Å². The van der Waals surface area contributed by atoms with Crippen molar-refractivity contribution < 1.29 is 45.4 Å². The van der Waals surface area contributed by atoms with E-state index in [0.29, 0.717) is 40.2 Å². The van der Waals surface area contributed by atoms with E-state index in [2.05, 4.69) is 15.1 Å². The zero-order chi connectivity index (χ0) is 53.8. The normalized spacial score (nSPS) is 14.9. The van der Waals surface area contributed by atoms with Crippen LogP contribution in [0.3, 0.4) is 0 Å². The molecular weight excluding hydrogens is 969 g/mol. The number of Topliss-reactive ketones (excluding diaryl/α,β-unsaturated/α-hetero) is 2. The number of carbonyl (C=O) groups is 3. The molecule has 0 saturated carbocycles. The lowest BCUT2D eigenvalue weighted by Crippen LogP contribution is -2.46. The first-order valence-corrected chi connectivity index (χ1v) is 27.9. The fourth-order valence-corrected chi connectivity index (χ4v) is 12.3. The number of benzene rings is 4. The molecule has 0 aliphatic carbocycles. The molecule has 16 nitrogen and oxygen atoms in total. The molecule has 3 N–H and O–H groups in total. The highest BCUT2D eigenvalue weighted by Gasteiger charge is 2.28. The summed E-state index contributed by atoms with van der Waals surface area (Å²) in [5, 5.41) is 2.95. The predicted molar refractivity (Wildman–Crippen MR) is 288 cm³/mol. The van der Waals surface area contributed by atoms with Crippen LogP contribution in [0, 0.1) is 27.7 Å². The molecule has 18 heteroatoms. The number of nitrogens with one attached hydrogen (secondary N) is 1. The molecule has 0 bridgehead atoms. The molecule has 0 radical (unpaired) electrons. The van der Waals surface area contributed by atoms with E-state index >= 15 is 0 Å². The number of methoxy groups -OCH3 is 2. The Balaban J connectivity index is 0.000000276. The minimum atomic E-state index is -3.74. The van der Waals surface area contributed by atoms with Crippen LogP contribution < -0.4 is 30.3 Å². The second-order valence-corrected chi connectivity index (χ2v) is 24.3. The summed E-state index contributed by atoms with van der Waals surface area (Å²) in [4.78, 5) is 42.4. The molecule has 0 atom stereocenters. The third kappa shape index (κ3) is 16.5. The van der Waals surface area contributed by atoms with Crippen molar-refractivity contribution in [3.63, 3.8) is 0 Å². The Morgan fingerprint density at radius 3 is 1.29 bits per heavy atom. The first kappa shape index (κ1) is 58.4. The zero-order valence-electron chi connectivity index (χ0n) is 44.7.